The Hall–Kier alpha value is -2.67. The fraction of sp³-hybridized carbons (Fsp3) is 0.724. The minimum Gasteiger partial charge on any atom is -0.480 e. The van der Waals surface area contributed by atoms with Gasteiger partial charge in [0.1, 0.15) is 19.3 Å². The number of carbonyl (C=O) groups excluding carboxylic acids is 3. The Morgan fingerprint density at radius 1 is 1.18 bits per heavy atom. The number of nitrogens with one attached hydrogen (secondary N) is 1. The molecular weight excluding hydrogens is 603 g/mol. The number of fused-ring (bicyclic) bond motifs is 5. The second-order valence-electron chi connectivity index (χ2n) is 12.7. The predicted molar refractivity (Wildman–Crippen MR) is 147 cm³/mol. The third-order valence-corrected chi connectivity index (χ3v) is 10.4. The molecule has 4 aliphatic carbocycles. The van der Waals surface area contributed by atoms with Crippen LogP contribution in [-0.4, -0.2) is 116 Å². The highest BCUT2D eigenvalue weighted by Crippen LogP contribution is 2.69. The maximum Gasteiger partial charge on any atom is 0.324 e. The zero-order valence-corrected chi connectivity index (χ0v) is 25.1. The fourth-order valence-electron chi connectivity index (χ4n) is 7.97. The summed E-state index contributed by atoms with van der Waals surface area (Å²) in [5, 5.41) is 62.4. The second-order valence-corrected chi connectivity index (χ2v) is 12.7. The largest absolute Gasteiger partial charge is 0.480 e. The van der Waals surface area contributed by atoms with E-state index >= 15 is 4.39 Å². The molecular formula is C29H41FN2O13. The molecule has 9 atom stereocenters. The standard InChI is InChI=1S/C29H41FN2O13/c1-26-8-7-17(33)10-16(26)5-6-18-19-11-21(34)29(40,27(19,2)12-22(35)28(18,26)30)23(36)14-43-15-31-20(25(38)39)13-44-24(37)4-3-9-45-32(41)42/h7-8,10,18-22,31,34-35,40-42H,3-6,9,11-15H2,1-2H3,(H,38,39)/t18-,19-,20?,21+,22-,26-,27-,28-,29-/m0/s1. The summed E-state index contributed by atoms with van der Waals surface area (Å²) in [6.07, 6.45) is 0.971. The lowest BCUT2D eigenvalue weighted by Gasteiger charge is -2.62. The number of halogens is 1. The van der Waals surface area contributed by atoms with Crippen LogP contribution in [0.15, 0.2) is 23.8 Å². The van der Waals surface area contributed by atoms with Crippen molar-refractivity contribution in [1.82, 2.24) is 10.7 Å². The van der Waals surface area contributed by atoms with E-state index in [1.54, 1.807) is 13.8 Å². The van der Waals surface area contributed by atoms with Crippen molar-refractivity contribution in [1.29, 1.82) is 0 Å². The SMILES string of the molecule is C[C@]12C=CC(=O)C=C1CC[C@H]1[C@@H]3C[C@@H](O)[C@](O)(C(=O)COCNC(COC(=O)CCCON(O)O)C(=O)O)[C@@]3(C)C[C@H](O)[C@@]12F. The quantitative estimate of drug-likeness (QED) is 0.0570. The molecule has 0 radical (unpaired) electrons. The number of aliphatic hydroxyl groups excluding tert-OH is 2. The first kappa shape index (κ1) is 35.2. The van der Waals surface area contributed by atoms with Crippen LogP contribution in [0.1, 0.15) is 52.4 Å². The molecule has 0 spiro atoms. The molecule has 0 aromatic rings. The molecule has 15 nitrogen and oxygen atoms in total. The zero-order valence-electron chi connectivity index (χ0n) is 25.1. The topological polar surface area (TPSA) is 233 Å². The van der Waals surface area contributed by atoms with E-state index in [0.29, 0.717) is 12.0 Å². The monoisotopic (exact) mass is 644 g/mol. The van der Waals surface area contributed by atoms with Gasteiger partial charge in [0, 0.05) is 23.2 Å². The van der Waals surface area contributed by atoms with Gasteiger partial charge in [-0.05, 0) is 57.1 Å². The Morgan fingerprint density at radius 3 is 2.56 bits per heavy atom. The van der Waals surface area contributed by atoms with Crippen molar-refractivity contribution in [3.8, 4) is 0 Å². The highest BCUT2D eigenvalue weighted by Gasteiger charge is 2.76. The lowest BCUT2D eigenvalue weighted by atomic mass is 9.44. The van der Waals surface area contributed by atoms with E-state index in [-0.39, 0.29) is 44.5 Å². The Morgan fingerprint density at radius 2 is 1.89 bits per heavy atom. The van der Waals surface area contributed by atoms with Gasteiger partial charge in [-0.2, -0.15) is 0 Å². The summed E-state index contributed by atoms with van der Waals surface area (Å²) in [5.41, 5.74) is -6.75. The number of ether oxygens (including phenoxy) is 2. The molecule has 4 rings (SSSR count). The first-order valence-corrected chi connectivity index (χ1v) is 14.8. The van der Waals surface area contributed by atoms with Crippen LogP contribution in [0.5, 0.6) is 0 Å². The molecule has 0 aromatic carbocycles. The Labute approximate surface area is 258 Å². The number of alkyl halides is 1. The summed E-state index contributed by atoms with van der Waals surface area (Å²) in [4.78, 5) is 53.1. The fourth-order valence-corrected chi connectivity index (χ4v) is 7.97. The number of Topliss-reactive ketones (excluding diaryl/α,β-unsaturated/α-hetero) is 1. The van der Waals surface area contributed by atoms with Gasteiger partial charge in [0.15, 0.2) is 22.8 Å². The van der Waals surface area contributed by atoms with Crippen molar-refractivity contribution in [2.45, 2.75) is 81.9 Å². The van der Waals surface area contributed by atoms with E-state index < -0.39 is 95.2 Å². The molecule has 0 amide bonds. The van der Waals surface area contributed by atoms with Crippen molar-refractivity contribution in [3.05, 3.63) is 23.8 Å². The van der Waals surface area contributed by atoms with Crippen LogP contribution < -0.4 is 5.32 Å². The van der Waals surface area contributed by atoms with E-state index in [0.717, 1.165) is 0 Å². The number of aliphatic hydroxyl groups is 3. The first-order valence-electron chi connectivity index (χ1n) is 14.8. The number of allylic oxidation sites excluding steroid dienone is 4. The van der Waals surface area contributed by atoms with Crippen LogP contribution in [-0.2, 0) is 33.5 Å². The van der Waals surface area contributed by atoms with E-state index in [1.165, 1.54) is 18.2 Å². The van der Waals surface area contributed by atoms with Gasteiger partial charge in [-0.25, -0.2) is 4.39 Å². The molecule has 1 unspecified atom stereocenters. The number of hydrogen-bond donors (Lipinski definition) is 7. The highest BCUT2D eigenvalue weighted by atomic mass is 19.1. The third kappa shape index (κ3) is 6.11. The van der Waals surface area contributed by atoms with E-state index in [2.05, 4.69) is 10.2 Å². The smallest absolute Gasteiger partial charge is 0.324 e. The van der Waals surface area contributed by atoms with Gasteiger partial charge >= 0.3 is 11.9 Å². The molecule has 3 fully saturated rings. The van der Waals surface area contributed by atoms with E-state index in [4.69, 9.17) is 19.9 Å². The molecule has 3 saturated carbocycles. The normalized spacial score (nSPS) is 37.8. The summed E-state index contributed by atoms with van der Waals surface area (Å²) >= 11 is 0. The molecule has 7 N–H and O–H groups in total. The van der Waals surface area contributed by atoms with E-state index in [1.807, 2.05) is 0 Å². The number of carboxylic acids is 1. The Kier molecular flexibility index (Phi) is 10.3. The van der Waals surface area contributed by atoms with Crippen molar-refractivity contribution < 1.29 is 68.7 Å². The average molecular weight is 645 g/mol. The molecule has 4 aliphatic rings. The number of ketones is 2. The van der Waals surface area contributed by atoms with Crippen molar-refractivity contribution in [3.63, 3.8) is 0 Å². The first-order chi connectivity index (χ1) is 21.0. The van der Waals surface area contributed by atoms with E-state index in [9.17, 15) is 39.6 Å². The predicted octanol–water partition coefficient (Wildman–Crippen LogP) is -0.0195. The summed E-state index contributed by atoms with van der Waals surface area (Å²) in [6, 6.07) is -1.42. The van der Waals surface area contributed by atoms with Crippen LogP contribution in [0.2, 0.25) is 0 Å². The number of carbonyl (C=O) groups is 4. The molecule has 0 saturated heterocycles. The van der Waals surface area contributed by atoms with Crippen LogP contribution in [0.4, 0.5) is 4.39 Å². The van der Waals surface area contributed by atoms with Crippen LogP contribution >= 0.6 is 0 Å². The number of carboxylic acid groups (broad SMARTS) is 1. The number of esters is 1. The van der Waals surface area contributed by atoms with Gasteiger partial charge in [0.2, 0.25) is 0 Å². The van der Waals surface area contributed by atoms with Gasteiger partial charge in [-0.15, -0.1) is 0 Å². The van der Waals surface area contributed by atoms with Crippen molar-refractivity contribution in [2.24, 2.45) is 22.7 Å². The number of rotatable bonds is 14. The summed E-state index contributed by atoms with van der Waals surface area (Å²) in [6.45, 7) is 1.11. The van der Waals surface area contributed by atoms with Crippen molar-refractivity contribution in [2.75, 3.05) is 26.6 Å². The van der Waals surface area contributed by atoms with Gasteiger partial charge in [-0.1, -0.05) is 18.6 Å². The average Bonchev–Trinajstić information content (AvgIpc) is 3.17. The summed E-state index contributed by atoms with van der Waals surface area (Å²) in [5.74, 6) is -4.87. The minimum atomic E-state index is -2.40. The highest BCUT2D eigenvalue weighted by molar-refractivity contribution is 6.01. The third-order valence-electron chi connectivity index (χ3n) is 10.4. The minimum absolute atomic E-state index is 0.0565. The Balaban J connectivity index is 1.37. The van der Waals surface area contributed by atoms with Crippen LogP contribution in [0.25, 0.3) is 0 Å². The molecule has 0 bridgehead atoms. The summed E-state index contributed by atoms with van der Waals surface area (Å²) in [7, 11) is 0. The van der Waals surface area contributed by atoms with Gasteiger partial charge < -0.3 is 29.9 Å². The number of nitrogens with zero attached hydrogens (tertiary/aromatic N) is 1. The molecule has 0 heterocycles. The maximum atomic E-state index is 17.2. The number of hydrogen-bond acceptors (Lipinski definition) is 14. The summed E-state index contributed by atoms with van der Waals surface area (Å²) < 4.78 is 27.4. The molecule has 252 valence electrons. The molecule has 0 aromatic heterocycles. The van der Waals surface area contributed by atoms with Gasteiger partial charge in [-0.3, -0.25) is 39.7 Å². The number of aliphatic carboxylic acids is 1. The van der Waals surface area contributed by atoms with Crippen LogP contribution in [0.3, 0.4) is 0 Å². The van der Waals surface area contributed by atoms with Crippen molar-refractivity contribution >= 4 is 23.5 Å². The molecule has 16 heteroatoms. The maximum absolute atomic E-state index is 17.2. The lowest BCUT2D eigenvalue weighted by molar-refractivity contribution is -0.492. The molecule has 45 heavy (non-hydrogen) atoms. The van der Waals surface area contributed by atoms with Gasteiger partial charge in [0.05, 0.1) is 30.9 Å². The Bertz CT molecular complexity index is 1240. The lowest BCUT2D eigenvalue weighted by Crippen LogP contribution is -2.69. The zero-order chi connectivity index (χ0) is 33.4. The van der Waals surface area contributed by atoms with Crippen LogP contribution in [0, 0.1) is 22.7 Å². The molecule has 0 aliphatic heterocycles. The van der Waals surface area contributed by atoms with Gasteiger partial charge in [0.25, 0.3) is 0 Å². The second kappa shape index (κ2) is 13.2.